The van der Waals surface area contributed by atoms with Gasteiger partial charge in [-0.2, -0.15) is 0 Å². The lowest BCUT2D eigenvalue weighted by atomic mass is 10.3. The molecule has 0 radical (unpaired) electrons. The quantitative estimate of drug-likeness (QED) is 0.421. The Morgan fingerprint density at radius 3 is 2.23 bits per heavy atom. The minimum Gasteiger partial charge on any atom is -0.432 e. The number of hydrogen-bond acceptors (Lipinski definition) is 4. The summed E-state index contributed by atoms with van der Waals surface area (Å²) in [6.07, 6.45) is -0.682. The Labute approximate surface area is 138 Å². The fourth-order valence-electron chi connectivity index (χ4n) is 1.96. The van der Waals surface area contributed by atoms with Gasteiger partial charge in [0.15, 0.2) is 0 Å². The van der Waals surface area contributed by atoms with E-state index in [-0.39, 0.29) is 6.61 Å². The molecular formula is C17H18BrNO3. The minimum absolute atomic E-state index is 0.271. The highest BCUT2D eigenvalue weighted by Gasteiger charge is 2.09. The van der Waals surface area contributed by atoms with Crippen LogP contribution in [-0.2, 0) is 4.74 Å². The molecule has 0 bridgehead atoms. The molecule has 2 aromatic carbocycles. The second-order valence-electron chi connectivity index (χ2n) is 4.53. The first kappa shape index (κ1) is 16.4. The number of halogens is 1. The standard InChI is InChI=1S/C17H18BrNO3/c18-11-12-19(15-7-3-1-4-8-15)13-14-21-17(20)22-16-9-5-2-6-10-16/h1-10H,11-14H2. The van der Waals surface area contributed by atoms with Crippen LogP contribution in [0.25, 0.3) is 0 Å². The minimum atomic E-state index is -0.682. The third-order valence-corrected chi connectivity index (χ3v) is 3.36. The summed E-state index contributed by atoms with van der Waals surface area (Å²) in [5.41, 5.74) is 1.10. The maximum Gasteiger partial charge on any atom is 0.513 e. The van der Waals surface area contributed by atoms with E-state index in [1.54, 1.807) is 24.3 Å². The molecule has 0 heterocycles. The van der Waals surface area contributed by atoms with Crippen molar-refractivity contribution in [2.45, 2.75) is 0 Å². The molecule has 0 atom stereocenters. The summed E-state index contributed by atoms with van der Waals surface area (Å²) in [4.78, 5) is 13.8. The van der Waals surface area contributed by atoms with Gasteiger partial charge in [0.1, 0.15) is 12.4 Å². The van der Waals surface area contributed by atoms with E-state index in [1.165, 1.54) is 0 Å². The van der Waals surface area contributed by atoms with Crippen LogP contribution in [0.3, 0.4) is 0 Å². The smallest absolute Gasteiger partial charge is 0.432 e. The highest BCUT2D eigenvalue weighted by molar-refractivity contribution is 9.09. The van der Waals surface area contributed by atoms with E-state index in [0.717, 1.165) is 17.6 Å². The van der Waals surface area contributed by atoms with Gasteiger partial charge in [0.05, 0.1) is 6.54 Å². The van der Waals surface area contributed by atoms with E-state index >= 15 is 0 Å². The lowest BCUT2D eigenvalue weighted by molar-refractivity contribution is 0.101. The first-order chi connectivity index (χ1) is 10.8. The number of hydrogen-bond donors (Lipinski definition) is 0. The van der Waals surface area contributed by atoms with Crippen LogP contribution in [0.2, 0.25) is 0 Å². The van der Waals surface area contributed by atoms with Gasteiger partial charge in [0.2, 0.25) is 0 Å². The Morgan fingerprint density at radius 2 is 1.59 bits per heavy atom. The maximum absolute atomic E-state index is 11.6. The van der Waals surface area contributed by atoms with Crippen LogP contribution >= 0.6 is 15.9 Å². The molecule has 116 valence electrons. The van der Waals surface area contributed by atoms with Crippen LogP contribution < -0.4 is 9.64 Å². The third kappa shape index (κ3) is 5.41. The van der Waals surface area contributed by atoms with E-state index in [9.17, 15) is 4.79 Å². The predicted octanol–water partition coefficient (Wildman–Crippen LogP) is 4.10. The first-order valence-electron chi connectivity index (χ1n) is 7.05. The van der Waals surface area contributed by atoms with Crippen LogP contribution in [0.15, 0.2) is 60.7 Å². The Hall–Kier alpha value is -2.01. The van der Waals surface area contributed by atoms with Crippen LogP contribution in [0, 0.1) is 0 Å². The number of rotatable bonds is 7. The van der Waals surface area contributed by atoms with Crippen molar-refractivity contribution in [3.05, 3.63) is 60.7 Å². The number of nitrogens with zero attached hydrogens (tertiary/aromatic N) is 1. The zero-order valence-corrected chi connectivity index (χ0v) is 13.7. The summed E-state index contributed by atoms with van der Waals surface area (Å²) in [5.74, 6) is 0.480. The molecule has 0 amide bonds. The number of carbonyl (C=O) groups is 1. The monoisotopic (exact) mass is 363 g/mol. The number of carbonyl (C=O) groups excluding carboxylic acids is 1. The molecule has 0 aromatic heterocycles. The Morgan fingerprint density at radius 1 is 0.955 bits per heavy atom. The number of alkyl halides is 1. The van der Waals surface area contributed by atoms with Gasteiger partial charge in [-0.05, 0) is 24.3 Å². The van der Waals surface area contributed by atoms with E-state index in [4.69, 9.17) is 9.47 Å². The lowest BCUT2D eigenvalue weighted by Crippen LogP contribution is -2.30. The zero-order valence-electron chi connectivity index (χ0n) is 12.2. The van der Waals surface area contributed by atoms with Crippen molar-refractivity contribution in [3.8, 4) is 5.75 Å². The van der Waals surface area contributed by atoms with Crippen LogP contribution in [0.4, 0.5) is 10.5 Å². The summed E-state index contributed by atoms with van der Waals surface area (Å²) in [5, 5.41) is 0.844. The van der Waals surface area contributed by atoms with Crippen LogP contribution in [-0.4, -0.2) is 31.2 Å². The summed E-state index contributed by atoms with van der Waals surface area (Å²) < 4.78 is 10.2. The molecule has 4 nitrogen and oxygen atoms in total. The average molecular weight is 364 g/mol. The Balaban J connectivity index is 1.79. The molecule has 22 heavy (non-hydrogen) atoms. The SMILES string of the molecule is O=C(OCCN(CCBr)c1ccccc1)Oc1ccccc1. The molecule has 5 heteroatoms. The first-order valence-corrected chi connectivity index (χ1v) is 8.17. The van der Waals surface area contributed by atoms with E-state index < -0.39 is 6.16 Å². The van der Waals surface area contributed by atoms with E-state index in [1.807, 2.05) is 36.4 Å². The van der Waals surface area contributed by atoms with Crippen molar-refractivity contribution in [1.82, 2.24) is 0 Å². The van der Waals surface area contributed by atoms with Crippen molar-refractivity contribution in [2.24, 2.45) is 0 Å². The van der Waals surface area contributed by atoms with E-state index in [0.29, 0.717) is 12.3 Å². The molecule has 0 fully saturated rings. The second kappa shape index (κ2) is 9.10. The highest BCUT2D eigenvalue weighted by Crippen LogP contribution is 2.13. The molecule has 0 unspecified atom stereocenters. The molecule has 0 aliphatic carbocycles. The van der Waals surface area contributed by atoms with Gasteiger partial charge in [0, 0.05) is 17.6 Å². The highest BCUT2D eigenvalue weighted by atomic mass is 79.9. The van der Waals surface area contributed by atoms with Crippen molar-refractivity contribution in [1.29, 1.82) is 0 Å². The van der Waals surface area contributed by atoms with Gasteiger partial charge in [-0.1, -0.05) is 52.3 Å². The molecule has 2 aromatic rings. The number of anilines is 1. The predicted molar refractivity (Wildman–Crippen MR) is 90.9 cm³/mol. The molecule has 0 N–H and O–H groups in total. The average Bonchev–Trinajstić information content (AvgIpc) is 2.56. The molecule has 2 rings (SSSR count). The number of benzene rings is 2. The Bertz CT molecular complexity index is 563. The summed E-state index contributed by atoms with van der Waals surface area (Å²) in [7, 11) is 0. The largest absolute Gasteiger partial charge is 0.513 e. The van der Waals surface area contributed by atoms with Gasteiger partial charge in [-0.25, -0.2) is 4.79 Å². The fourth-order valence-corrected chi connectivity index (χ4v) is 2.39. The van der Waals surface area contributed by atoms with Crippen molar-refractivity contribution in [3.63, 3.8) is 0 Å². The van der Waals surface area contributed by atoms with Crippen molar-refractivity contribution >= 4 is 27.8 Å². The lowest BCUT2D eigenvalue weighted by Gasteiger charge is -2.23. The van der Waals surface area contributed by atoms with Crippen molar-refractivity contribution < 1.29 is 14.3 Å². The van der Waals surface area contributed by atoms with Gasteiger partial charge in [-0.15, -0.1) is 0 Å². The van der Waals surface area contributed by atoms with Crippen LogP contribution in [0.5, 0.6) is 5.75 Å². The van der Waals surface area contributed by atoms with Gasteiger partial charge >= 0.3 is 6.16 Å². The third-order valence-electron chi connectivity index (χ3n) is 3.00. The van der Waals surface area contributed by atoms with Gasteiger partial charge in [-0.3, -0.25) is 0 Å². The molecule has 0 aliphatic heterocycles. The molecule has 0 saturated heterocycles. The topological polar surface area (TPSA) is 38.8 Å². The summed E-state index contributed by atoms with van der Waals surface area (Å²) in [6, 6.07) is 18.9. The molecule has 0 saturated carbocycles. The number of ether oxygens (including phenoxy) is 2. The maximum atomic E-state index is 11.6. The van der Waals surface area contributed by atoms with Crippen molar-refractivity contribution in [2.75, 3.05) is 29.9 Å². The van der Waals surface area contributed by atoms with Gasteiger partial charge < -0.3 is 14.4 Å². The zero-order chi connectivity index (χ0) is 15.6. The Kier molecular flexibility index (Phi) is 6.77. The number of para-hydroxylation sites is 2. The summed E-state index contributed by atoms with van der Waals surface area (Å²) >= 11 is 3.44. The second-order valence-corrected chi connectivity index (χ2v) is 5.32. The van der Waals surface area contributed by atoms with Gasteiger partial charge in [0.25, 0.3) is 0 Å². The molecule has 0 spiro atoms. The summed E-state index contributed by atoms with van der Waals surface area (Å²) in [6.45, 7) is 1.72. The molecular weight excluding hydrogens is 346 g/mol. The molecule has 0 aliphatic rings. The fraction of sp³-hybridized carbons (Fsp3) is 0.235. The van der Waals surface area contributed by atoms with E-state index in [2.05, 4.69) is 20.8 Å². The normalized spacial score (nSPS) is 10.0. The van der Waals surface area contributed by atoms with Crippen LogP contribution in [0.1, 0.15) is 0 Å².